The molecule has 3 aromatic carbocycles. The van der Waals surface area contributed by atoms with Gasteiger partial charge in [0.1, 0.15) is 0 Å². The fourth-order valence-electron chi connectivity index (χ4n) is 3.11. The van der Waals surface area contributed by atoms with Gasteiger partial charge in [0.15, 0.2) is 11.5 Å². The van der Waals surface area contributed by atoms with Crippen molar-refractivity contribution >= 4 is 16.7 Å². The van der Waals surface area contributed by atoms with Gasteiger partial charge in [0.05, 0.1) is 21.3 Å². The van der Waals surface area contributed by atoms with Crippen molar-refractivity contribution in [1.29, 1.82) is 0 Å². The first kappa shape index (κ1) is 18.6. The highest BCUT2D eigenvalue weighted by Gasteiger charge is 2.19. The molecule has 0 aromatic heterocycles. The fourth-order valence-corrected chi connectivity index (χ4v) is 3.11. The second-order valence-electron chi connectivity index (χ2n) is 6.26. The molecule has 140 valence electrons. The van der Waals surface area contributed by atoms with Gasteiger partial charge >= 0.3 is 0 Å². The van der Waals surface area contributed by atoms with E-state index in [1.165, 1.54) is 26.7 Å². The Morgan fingerprint density at radius 2 is 1.48 bits per heavy atom. The maximum atomic E-state index is 12.9. The number of hydrogen-bond acceptors (Lipinski definition) is 4. The number of benzene rings is 3. The predicted molar refractivity (Wildman–Crippen MR) is 106 cm³/mol. The topological polar surface area (TPSA) is 48.0 Å². The van der Waals surface area contributed by atoms with Gasteiger partial charge in [-0.15, -0.1) is 0 Å². The molecule has 0 unspecified atom stereocenters. The predicted octanol–water partition coefficient (Wildman–Crippen LogP) is 4.14. The van der Waals surface area contributed by atoms with Gasteiger partial charge in [-0.25, -0.2) is 0 Å². The summed E-state index contributed by atoms with van der Waals surface area (Å²) in [7, 11) is 6.38. The van der Waals surface area contributed by atoms with Crippen molar-refractivity contribution in [2.24, 2.45) is 0 Å². The summed E-state index contributed by atoms with van der Waals surface area (Å²) in [6.45, 7) is 0.500. The molecule has 27 heavy (non-hydrogen) atoms. The molecule has 0 heterocycles. The van der Waals surface area contributed by atoms with Crippen molar-refractivity contribution < 1.29 is 19.0 Å². The minimum atomic E-state index is -0.123. The zero-order valence-corrected chi connectivity index (χ0v) is 16.0. The first-order valence-corrected chi connectivity index (χ1v) is 8.60. The van der Waals surface area contributed by atoms with Crippen LogP contribution in [0.25, 0.3) is 10.8 Å². The quantitative estimate of drug-likeness (QED) is 0.659. The molecule has 1 amide bonds. The Kier molecular flexibility index (Phi) is 5.50. The lowest BCUT2D eigenvalue weighted by molar-refractivity contribution is 0.0784. The summed E-state index contributed by atoms with van der Waals surface area (Å²) in [6, 6.07) is 17.7. The Hall–Kier alpha value is -3.21. The maximum Gasteiger partial charge on any atom is 0.254 e. The smallest absolute Gasteiger partial charge is 0.254 e. The lowest BCUT2D eigenvalue weighted by Crippen LogP contribution is -2.26. The number of ether oxygens (including phenoxy) is 3. The number of amides is 1. The van der Waals surface area contributed by atoms with E-state index in [2.05, 4.69) is 24.3 Å². The van der Waals surface area contributed by atoms with Crippen LogP contribution in [-0.2, 0) is 6.54 Å². The van der Waals surface area contributed by atoms with E-state index >= 15 is 0 Å². The first-order valence-electron chi connectivity index (χ1n) is 8.60. The highest BCUT2D eigenvalue weighted by Crippen LogP contribution is 2.38. The van der Waals surface area contributed by atoms with Crippen LogP contribution in [0.1, 0.15) is 15.9 Å². The van der Waals surface area contributed by atoms with E-state index in [0.717, 1.165) is 10.9 Å². The van der Waals surface area contributed by atoms with Crippen molar-refractivity contribution in [3.8, 4) is 17.2 Å². The second kappa shape index (κ2) is 7.99. The SMILES string of the molecule is COc1cc(C(=O)N(C)Cc2ccc3ccccc3c2)cc(OC)c1OC. The molecule has 0 aliphatic rings. The van der Waals surface area contributed by atoms with Crippen LogP contribution in [0.4, 0.5) is 0 Å². The molecule has 0 radical (unpaired) electrons. The third-order valence-electron chi connectivity index (χ3n) is 4.49. The average Bonchev–Trinajstić information content (AvgIpc) is 2.71. The van der Waals surface area contributed by atoms with Crippen molar-refractivity contribution in [2.45, 2.75) is 6.54 Å². The summed E-state index contributed by atoms with van der Waals surface area (Å²) in [5.41, 5.74) is 1.55. The number of rotatable bonds is 6. The molecule has 0 bridgehead atoms. The van der Waals surface area contributed by atoms with Gasteiger partial charge in [-0.05, 0) is 34.5 Å². The van der Waals surface area contributed by atoms with Crippen LogP contribution in [0.2, 0.25) is 0 Å². The van der Waals surface area contributed by atoms with Gasteiger partial charge in [0.25, 0.3) is 5.91 Å². The first-order chi connectivity index (χ1) is 13.1. The van der Waals surface area contributed by atoms with Gasteiger partial charge in [-0.2, -0.15) is 0 Å². The number of carbonyl (C=O) groups is 1. The lowest BCUT2D eigenvalue weighted by atomic mass is 10.1. The summed E-state index contributed by atoms with van der Waals surface area (Å²) in [5, 5.41) is 2.34. The number of nitrogens with zero attached hydrogens (tertiary/aromatic N) is 1. The van der Waals surface area contributed by atoms with Crippen LogP contribution in [-0.4, -0.2) is 39.2 Å². The number of fused-ring (bicyclic) bond motifs is 1. The van der Waals surface area contributed by atoms with E-state index in [9.17, 15) is 4.79 Å². The Bertz CT molecular complexity index is 942. The van der Waals surface area contributed by atoms with E-state index in [1.807, 2.05) is 18.2 Å². The molecule has 3 rings (SSSR count). The normalized spacial score (nSPS) is 10.5. The molecule has 0 fully saturated rings. The van der Waals surface area contributed by atoms with Crippen molar-refractivity contribution in [3.63, 3.8) is 0 Å². The summed E-state index contributed by atoms with van der Waals surface area (Å²) >= 11 is 0. The molecular formula is C22H23NO4. The second-order valence-corrected chi connectivity index (χ2v) is 6.26. The summed E-state index contributed by atoms with van der Waals surface area (Å²) in [4.78, 5) is 14.6. The molecule has 3 aromatic rings. The standard InChI is InChI=1S/C22H23NO4/c1-23(14-15-9-10-16-7-5-6-8-17(16)11-15)22(24)18-12-19(25-2)21(27-4)20(13-18)26-3/h5-13H,14H2,1-4H3. The van der Waals surface area contributed by atoms with Crippen LogP contribution in [0.15, 0.2) is 54.6 Å². The summed E-state index contributed by atoms with van der Waals surface area (Å²) in [5.74, 6) is 1.26. The number of carbonyl (C=O) groups excluding carboxylic acids is 1. The molecule has 0 aliphatic carbocycles. The Balaban J connectivity index is 1.85. The molecule has 0 atom stereocenters. The Morgan fingerprint density at radius 1 is 0.852 bits per heavy atom. The van der Waals surface area contributed by atoms with E-state index in [0.29, 0.717) is 29.4 Å². The average molecular weight is 365 g/mol. The molecule has 0 aliphatic heterocycles. The third kappa shape index (κ3) is 3.82. The molecule has 5 nitrogen and oxygen atoms in total. The minimum absolute atomic E-state index is 0.123. The molecule has 5 heteroatoms. The maximum absolute atomic E-state index is 12.9. The molecule has 0 saturated carbocycles. The number of methoxy groups -OCH3 is 3. The zero-order chi connectivity index (χ0) is 19.4. The van der Waals surface area contributed by atoms with E-state index in [4.69, 9.17) is 14.2 Å². The molecule has 0 N–H and O–H groups in total. The molecule has 0 spiro atoms. The Labute approximate surface area is 159 Å². The lowest BCUT2D eigenvalue weighted by Gasteiger charge is -2.19. The van der Waals surface area contributed by atoms with Crippen LogP contribution in [0.5, 0.6) is 17.2 Å². The van der Waals surface area contributed by atoms with Crippen LogP contribution in [0, 0.1) is 0 Å². The Morgan fingerprint density at radius 3 is 2.07 bits per heavy atom. The van der Waals surface area contributed by atoms with Crippen LogP contribution < -0.4 is 14.2 Å². The number of hydrogen-bond donors (Lipinski definition) is 0. The fraction of sp³-hybridized carbons (Fsp3) is 0.227. The van der Waals surface area contributed by atoms with Gasteiger partial charge < -0.3 is 19.1 Å². The summed E-state index contributed by atoms with van der Waals surface area (Å²) < 4.78 is 16.0. The van der Waals surface area contributed by atoms with Gasteiger partial charge in [0, 0.05) is 19.2 Å². The summed E-state index contributed by atoms with van der Waals surface area (Å²) in [6.07, 6.45) is 0. The largest absolute Gasteiger partial charge is 0.493 e. The highest BCUT2D eigenvalue weighted by molar-refractivity contribution is 5.95. The third-order valence-corrected chi connectivity index (χ3v) is 4.49. The van der Waals surface area contributed by atoms with Crippen molar-refractivity contribution in [1.82, 2.24) is 4.90 Å². The minimum Gasteiger partial charge on any atom is -0.493 e. The zero-order valence-electron chi connectivity index (χ0n) is 16.0. The van der Waals surface area contributed by atoms with Gasteiger partial charge in [0.2, 0.25) is 5.75 Å². The van der Waals surface area contributed by atoms with Crippen molar-refractivity contribution in [2.75, 3.05) is 28.4 Å². The van der Waals surface area contributed by atoms with Crippen molar-refractivity contribution in [3.05, 3.63) is 65.7 Å². The van der Waals surface area contributed by atoms with Gasteiger partial charge in [-0.3, -0.25) is 4.79 Å². The van der Waals surface area contributed by atoms with Crippen LogP contribution in [0.3, 0.4) is 0 Å². The van der Waals surface area contributed by atoms with E-state index < -0.39 is 0 Å². The van der Waals surface area contributed by atoms with E-state index in [-0.39, 0.29) is 5.91 Å². The van der Waals surface area contributed by atoms with E-state index in [1.54, 1.807) is 24.1 Å². The van der Waals surface area contributed by atoms with Gasteiger partial charge in [-0.1, -0.05) is 36.4 Å². The highest BCUT2D eigenvalue weighted by atomic mass is 16.5. The van der Waals surface area contributed by atoms with Crippen LogP contribution >= 0.6 is 0 Å². The molecular weight excluding hydrogens is 342 g/mol. The molecule has 0 saturated heterocycles. The monoisotopic (exact) mass is 365 g/mol.